The topological polar surface area (TPSA) is 99.1 Å². The molecule has 0 unspecified atom stereocenters. The summed E-state index contributed by atoms with van der Waals surface area (Å²) in [5.41, 5.74) is 0.219. The smallest absolute Gasteiger partial charge is 0.270 e. The molecule has 0 radical (unpaired) electrons. The number of methoxy groups -OCH3 is 1. The van der Waals surface area contributed by atoms with Crippen molar-refractivity contribution in [3.05, 3.63) is 52.6 Å². The van der Waals surface area contributed by atoms with E-state index < -0.39 is 23.3 Å². The Morgan fingerprint density at radius 1 is 1.11 bits per heavy atom. The van der Waals surface area contributed by atoms with Crippen LogP contribution in [0.3, 0.4) is 0 Å². The lowest BCUT2D eigenvalue weighted by Crippen LogP contribution is -2.54. The van der Waals surface area contributed by atoms with Gasteiger partial charge >= 0.3 is 0 Å². The van der Waals surface area contributed by atoms with Gasteiger partial charge in [-0.05, 0) is 54.7 Å². The molecule has 0 bridgehead atoms. The van der Waals surface area contributed by atoms with E-state index in [-0.39, 0.29) is 22.0 Å². The summed E-state index contributed by atoms with van der Waals surface area (Å²) in [5, 5.41) is 22.8. The summed E-state index contributed by atoms with van der Waals surface area (Å²) in [7, 11) is 1.33. The molecule has 3 N–H and O–H groups in total. The largest absolute Gasteiger partial charge is 0.504 e. The number of amides is 2. The molecule has 27 heavy (non-hydrogen) atoms. The average Bonchev–Trinajstić information content (AvgIpc) is 2.63. The molecule has 2 aromatic rings. The monoisotopic (exact) mass is 404 g/mol. The highest BCUT2D eigenvalue weighted by atomic mass is 35.5. The molecule has 3 rings (SSSR count). The van der Waals surface area contributed by atoms with E-state index >= 15 is 0 Å². The van der Waals surface area contributed by atoms with Gasteiger partial charge < -0.3 is 14.9 Å². The van der Waals surface area contributed by atoms with Crippen molar-refractivity contribution in [3.8, 4) is 17.2 Å². The van der Waals surface area contributed by atoms with Gasteiger partial charge in [-0.2, -0.15) is 0 Å². The van der Waals surface area contributed by atoms with Gasteiger partial charge in [0.25, 0.3) is 11.8 Å². The highest BCUT2D eigenvalue weighted by molar-refractivity contribution is 7.80. The maximum Gasteiger partial charge on any atom is 0.270 e. The summed E-state index contributed by atoms with van der Waals surface area (Å²) in [6.45, 7) is 0. The Balaban J connectivity index is 2.04. The van der Waals surface area contributed by atoms with Crippen molar-refractivity contribution in [2.45, 2.75) is 0 Å². The molecule has 1 fully saturated rings. The van der Waals surface area contributed by atoms with E-state index in [9.17, 15) is 19.8 Å². The van der Waals surface area contributed by atoms with Crippen molar-refractivity contribution in [2.24, 2.45) is 0 Å². The number of anilines is 1. The van der Waals surface area contributed by atoms with Gasteiger partial charge in [0.05, 0.1) is 12.8 Å². The second kappa shape index (κ2) is 7.26. The van der Waals surface area contributed by atoms with E-state index in [1.165, 1.54) is 19.2 Å². The van der Waals surface area contributed by atoms with E-state index in [1.807, 2.05) is 0 Å². The Morgan fingerprint density at radius 3 is 2.41 bits per heavy atom. The third kappa shape index (κ3) is 3.44. The molecule has 7 nitrogen and oxygen atoms in total. The number of benzene rings is 2. The van der Waals surface area contributed by atoms with Crippen LogP contribution in [-0.2, 0) is 9.59 Å². The normalized spacial score (nSPS) is 15.9. The number of nitrogens with one attached hydrogen (secondary N) is 1. The first kappa shape index (κ1) is 18.7. The van der Waals surface area contributed by atoms with Gasteiger partial charge in [-0.1, -0.05) is 11.6 Å². The number of carbonyl (C=O) groups excluding carboxylic acids is 2. The first-order chi connectivity index (χ1) is 12.8. The highest BCUT2D eigenvalue weighted by Gasteiger charge is 2.34. The molecule has 138 valence electrons. The molecule has 0 aromatic heterocycles. The molecule has 0 saturated carbocycles. The second-order valence-corrected chi connectivity index (χ2v) is 6.31. The summed E-state index contributed by atoms with van der Waals surface area (Å²) < 4.78 is 4.90. The fourth-order valence-electron chi connectivity index (χ4n) is 2.50. The minimum atomic E-state index is -0.718. The van der Waals surface area contributed by atoms with Crippen molar-refractivity contribution in [1.82, 2.24) is 5.32 Å². The van der Waals surface area contributed by atoms with Crippen LogP contribution in [-0.4, -0.2) is 34.2 Å². The van der Waals surface area contributed by atoms with Crippen molar-refractivity contribution in [3.63, 3.8) is 0 Å². The molecule has 0 spiro atoms. The lowest BCUT2D eigenvalue weighted by molar-refractivity contribution is -0.122. The Morgan fingerprint density at radius 2 is 1.78 bits per heavy atom. The third-order valence-corrected chi connectivity index (χ3v) is 4.39. The number of phenols is 2. The first-order valence-electron chi connectivity index (χ1n) is 7.59. The summed E-state index contributed by atoms with van der Waals surface area (Å²) in [4.78, 5) is 26.3. The summed E-state index contributed by atoms with van der Waals surface area (Å²) >= 11 is 11.0. The molecule has 2 amide bonds. The average molecular weight is 405 g/mol. The minimum absolute atomic E-state index is 0.0537. The van der Waals surface area contributed by atoms with Gasteiger partial charge in [0.1, 0.15) is 5.57 Å². The number of hydrogen-bond acceptors (Lipinski definition) is 6. The fourth-order valence-corrected chi connectivity index (χ4v) is 2.90. The lowest BCUT2D eigenvalue weighted by atomic mass is 10.1. The van der Waals surface area contributed by atoms with E-state index in [4.69, 9.17) is 28.6 Å². The highest BCUT2D eigenvalue weighted by Crippen LogP contribution is 2.39. The van der Waals surface area contributed by atoms with Crippen molar-refractivity contribution in [1.29, 1.82) is 0 Å². The van der Waals surface area contributed by atoms with E-state index in [2.05, 4.69) is 5.32 Å². The molecule has 2 aromatic carbocycles. The van der Waals surface area contributed by atoms with Gasteiger partial charge in [-0.3, -0.25) is 19.8 Å². The number of aromatic hydroxyl groups is 2. The van der Waals surface area contributed by atoms with Crippen molar-refractivity contribution < 1.29 is 24.5 Å². The van der Waals surface area contributed by atoms with Gasteiger partial charge in [-0.15, -0.1) is 0 Å². The predicted molar refractivity (Wildman–Crippen MR) is 104 cm³/mol. The van der Waals surface area contributed by atoms with Crippen molar-refractivity contribution >= 4 is 52.5 Å². The minimum Gasteiger partial charge on any atom is -0.504 e. The molecular weight excluding hydrogens is 392 g/mol. The lowest BCUT2D eigenvalue weighted by Gasteiger charge is -2.29. The predicted octanol–water partition coefficient (Wildman–Crippen LogP) is 2.59. The van der Waals surface area contributed by atoms with Crippen LogP contribution in [0.25, 0.3) is 6.08 Å². The van der Waals surface area contributed by atoms with Crippen LogP contribution in [0.2, 0.25) is 5.02 Å². The number of hydrogen-bond donors (Lipinski definition) is 3. The zero-order valence-corrected chi connectivity index (χ0v) is 15.5. The first-order valence-corrected chi connectivity index (χ1v) is 8.38. The van der Waals surface area contributed by atoms with Crippen LogP contribution < -0.4 is 15.0 Å². The number of rotatable bonds is 3. The zero-order chi connectivity index (χ0) is 19.7. The van der Waals surface area contributed by atoms with Crippen LogP contribution >= 0.6 is 23.8 Å². The number of phenolic OH excluding ortho intramolecular Hbond substituents is 2. The number of carbonyl (C=O) groups is 2. The van der Waals surface area contributed by atoms with Gasteiger partial charge in [-0.25, -0.2) is 0 Å². The number of halogens is 1. The fraction of sp³-hybridized carbons (Fsp3) is 0.0556. The summed E-state index contributed by atoms with van der Waals surface area (Å²) in [5.74, 6) is -2.36. The number of ether oxygens (including phenoxy) is 1. The third-order valence-electron chi connectivity index (χ3n) is 3.85. The SMILES string of the molecule is COc1ccc(C=C2C(=O)NC(=S)N(c3ccc(Cl)cc3)C2=O)c(O)c1O. The molecule has 1 aliphatic heterocycles. The Hall–Kier alpha value is -3.10. The van der Waals surface area contributed by atoms with Crippen LogP contribution in [0.1, 0.15) is 5.56 Å². The molecular formula is C18H13ClN2O5S. The Bertz CT molecular complexity index is 988. The molecule has 0 atom stereocenters. The summed E-state index contributed by atoms with van der Waals surface area (Å²) in [6, 6.07) is 9.13. The van der Waals surface area contributed by atoms with Crippen LogP contribution in [0.15, 0.2) is 42.0 Å². The van der Waals surface area contributed by atoms with E-state index in [1.54, 1.807) is 24.3 Å². The second-order valence-electron chi connectivity index (χ2n) is 5.49. The van der Waals surface area contributed by atoms with Gasteiger partial charge in [0.15, 0.2) is 16.6 Å². The van der Waals surface area contributed by atoms with E-state index in [0.29, 0.717) is 10.7 Å². The van der Waals surface area contributed by atoms with Crippen LogP contribution in [0, 0.1) is 0 Å². The molecule has 9 heteroatoms. The Kier molecular flexibility index (Phi) is 5.02. The molecule has 1 aliphatic rings. The quantitative estimate of drug-likeness (QED) is 0.315. The molecule has 0 aliphatic carbocycles. The van der Waals surface area contributed by atoms with E-state index in [0.717, 1.165) is 11.0 Å². The maximum atomic E-state index is 12.9. The van der Waals surface area contributed by atoms with Crippen molar-refractivity contribution in [2.75, 3.05) is 12.0 Å². The zero-order valence-electron chi connectivity index (χ0n) is 13.9. The maximum absolute atomic E-state index is 12.9. The summed E-state index contributed by atoms with van der Waals surface area (Å²) in [6.07, 6.45) is 1.16. The van der Waals surface area contributed by atoms with Crippen LogP contribution in [0.5, 0.6) is 17.2 Å². The number of nitrogens with zero attached hydrogens (tertiary/aromatic N) is 1. The number of thiocarbonyl (C=S) groups is 1. The van der Waals surface area contributed by atoms with Crippen LogP contribution in [0.4, 0.5) is 5.69 Å². The molecule has 1 saturated heterocycles. The van der Waals surface area contributed by atoms with Gasteiger partial charge in [0.2, 0.25) is 5.75 Å². The standard InChI is InChI=1S/C18H13ClN2O5S/c1-26-13-7-2-9(14(22)15(13)23)8-12-16(24)20-18(27)21(17(12)25)11-5-3-10(19)4-6-11/h2-8,22-23H,1H3,(H,20,24,27). The van der Waals surface area contributed by atoms with Gasteiger partial charge in [0, 0.05) is 10.6 Å². The Labute approximate surface area is 164 Å². The molecule has 1 heterocycles.